The number of benzene rings is 2. The molecule has 0 aliphatic rings. The van der Waals surface area contributed by atoms with E-state index in [1.165, 1.54) is 18.7 Å². The molecule has 1 amide bonds. The molecule has 0 bridgehead atoms. The monoisotopic (exact) mass is 255 g/mol. The van der Waals surface area contributed by atoms with Crippen LogP contribution in [0.15, 0.2) is 60.7 Å². The highest BCUT2D eigenvalue weighted by atomic mass is 16.3. The molecule has 0 aliphatic carbocycles. The summed E-state index contributed by atoms with van der Waals surface area (Å²) in [4.78, 5) is 14.0. The number of amides is 1. The van der Waals surface area contributed by atoms with Crippen LogP contribution in [0.2, 0.25) is 0 Å². The van der Waals surface area contributed by atoms with Gasteiger partial charge in [0.2, 0.25) is 0 Å². The molecule has 0 aromatic heterocycles. The maximum absolute atomic E-state index is 12.4. The third kappa shape index (κ3) is 3.01. The summed E-state index contributed by atoms with van der Waals surface area (Å²) in [6.07, 6.45) is 0. The lowest BCUT2D eigenvalue weighted by molar-refractivity contribution is -0.132. The average molecular weight is 255 g/mol. The quantitative estimate of drug-likeness (QED) is 0.915. The summed E-state index contributed by atoms with van der Waals surface area (Å²) in [5.74, 6) is -0.357. The van der Waals surface area contributed by atoms with Crippen molar-refractivity contribution in [1.29, 1.82) is 0 Å². The van der Waals surface area contributed by atoms with Gasteiger partial charge in [-0.25, -0.2) is 0 Å². The molecule has 19 heavy (non-hydrogen) atoms. The fourth-order valence-corrected chi connectivity index (χ4v) is 1.81. The number of carbonyl (C=O) groups is 1. The second kappa shape index (κ2) is 5.24. The number of anilines is 2. The molecule has 2 aromatic rings. The summed E-state index contributed by atoms with van der Waals surface area (Å²) in [7, 11) is 0. The minimum absolute atomic E-state index is 0.357. The van der Waals surface area contributed by atoms with Crippen molar-refractivity contribution < 1.29 is 9.90 Å². The number of nitrogens with zero attached hydrogens (tertiary/aromatic N) is 1. The van der Waals surface area contributed by atoms with Crippen LogP contribution in [0.25, 0.3) is 0 Å². The molecule has 0 saturated heterocycles. The summed E-state index contributed by atoms with van der Waals surface area (Å²) < 4.78 is 0. The van der Waals surface area contributed by atoms with Crippen molar-refractivity contribution in [2.24, 2.45) is 0 Å². The lowest BCUT2D eigenvalue weighted by atomic mass is 10.1. The highest BCUT2D eigenvalue weighted by Gasteiger charge is 2.31. The smallest absolute Gasteiger partial charge is 0.262 e. The zero-order valence-electron chi connectivity index (χ0n) is 11.1. The van der Waals surface area contributed by atoms with Gasteiger partial charge in [0, 0.05) is 11.4 Å². The molecule has 2 aromatic carbocycles. The molecule has 0 aliphatic heterocycles. The van der Waals surface area contributed by atoms with Crippen molar-refractivity contribution in [2.45, 2.75) is 19.4 Å². The van der Waals surface area contributed by atoms with Gasteiger partial charge in [0.25, 0.3) is 5.91 Å². The van der Waals surface area contributed by atoms with Gasteiger partial charge >= 0.3 is 0 Å². The molecular weight excluding hydrogens is 238 g/mol. The van der Waals surface area contributed by atoms with Crippen LogP contribution in [0.5, 0.6) is 0 Å². The predicted octanol–water partition coefficient (Wildman–Crippen LogP) is 3.12. The van der Waals surface area contributed by atoms with E-state index in [-0.39, 0.29) is 5.91 Å². The second-order valence-electron chi connectivity index (χ2n) is 4.87. The first kappa shape index (κ1) is 13.3. The third-order valence-corrected chi connectivity index (χ3v) is 2.76. The Morgan fingerprint density at radius 2 is 1.26 bits per heavy atom. The van der Waals surface area contributed by atoms with Gasteiger partial charge in [0.15, 0.2) is 0 Å². The van der Waals surface area contributed by atoms with Crippen LogP contribution in [0, 0.1) is 0 Å². The van der Waals surface area contributed by atoms with Crippen molar-refractivity contribution in [3.63, 3.8) is 0 Å². The Balaban J connectivity index is 2.49. The first-order valence-electron chi connectivity index (χ1n) is 6.17. The minimum atomic E-state index is -1.42. The van der Waals surface area contributed by atoms with Crippen LogP contribution in [0.3, 0.4) is 0 Å². The highest BCUT2D eigenvalue weighted by molar-refractivity contribution is 6.04. The van der Waals surface area contributed by atoms with Crippen LogP contribution in [0.1, 0.15) is 13.8 Å². The highest BCUT2D eigenvalue weighted by Crippen LogP contribution is 2.27. The maximum atomic E-state index is 12.4. The van der Waals surface area contributed by atoms with E-state index in [1.54, 1.807) is 0 Å². The van der Waals surface area contributed by atoms with E-state index in [0.29, 0.717) is 0 Å². The predicted molar refractivity (Wildman–Crippen MR) is 76.3 cm³/mol. The van der Waals surface area contributed by atoms with E-state index in [0.717, 1.165) is 11.4 Å². The summed E-state index contributed by atoms with van der Waals surface area (Å²) in [5, 5.41) is 9.99. The number of hydrogen-bond donors (Lipinski definition) is 1. The minimum Gasteiger partial charge on any atom is -0.381 e. The molecule has 3 nitrogen and oxygen atoms in total. The SMILES string of the molecule is CC(C)(O)C(=O)N(c1ccccc1)c1ccccc1. The lowest BCUT2D eigenvalue weighted by Crippen LogP contribution is -2.42. The average Bonchev–Trinajstić information content (AvgIpc) is 2.40. The fourth-order valence-electron chi connectivity index (χ4n) is 1.81. The first-order valence-corrected chi connectivity index (χ1v) is 6.17. The Hall–Kier alpha value is -2.13. The molecule has 2 rings (SSSR count). The maximum Gasteiger partial charge on any atom is 0.262 e. The Bertz CT molecular complexity index is 504. The van der Waals surface area contributed by atoms with Crippen molar-refractivity contribution in [3.8, 4) is 0 Å². The summed E-state index contributed by atoms with van der Waals surface area (Å²) >= 11 is 0. The van der Waals surface area contributed by atoms with Crippen LogP contribution < -0.4 is 4.90 Å². The van der Waals surface area contributed by atoms with Gasteiger partial charge in [-0.1, -0.05) is 36.4 Å². The normalized spacial score (nSPS) is 11.1. The molecular formula is C16H17NO2. The van der Waals surface area contributed by atoms with Gasteiger partial charge in [-0.2, -0.15) is 0 Å². The van der Waals surface area contributed by atoms with Crippen molar-refractivity contribution in [3.05, 3.63) is 60.7 Å². The van der Waals surface area contributed by atoms with Gasteiger partial charge in [0.05, 0.1) is 0 Å². The molecule has 0 unspecified atom stereocenters. The molecule has 3 heteroatoms. The fraction of sp³-hybridized carbons (Fsp3) is 0.188. The summed E-state index contributed by atoms with van der Waals surface area (Å²) in [6, 6.07) is 18.6. The molecule has 0 atom stereocenters. The zero-order valence-corrected chi connectivity index (χ0v) is 11.1. The van der Waals surface area contributed by atoms with Gasteiger partial charge in [-0.05, 0) is 38.1 Å². The topological polar surface area (TPSA) is 40.5 Å². The largest absolute Gasteiger partial charge is 0.381 e. The second-order valence-corrected chi connectivity index (χ2v) is 4.87. The third-order valence-electron chi connectivity index (χ3n) is 2.76. The number of carbonyl (C=O) groups excluding carboxylic acids is 1. The Morgan fingerprint density at radius 3 is 1.58 bits per heavy atom. The van der Waals surface area contributed by atoms with E-state index in [2.05, 4.69) is 0 Å². The zero-order chi connectivity index (χ0) is 13.9. The summed E-state index contributed by atoms with van der Waals surface area (Å²) in [6.45, 7) is 2.99. The Morgan fingerprint density at radius 1 is 0.895 bits per heavy atom. The molecule has 0 radical (unpaired) electrons. The summed E-state index contributed by atoms with van der Waals surface area (Å²) in [5.41, 5.74) is 0.0488. The molecule has 0 spiro atoms. The Kier molecular flexibility index (Phi) is 3.67. The lowest BCUT2D eigenvalue weighted by Gasteiger charge is -2.28. The van der Waals surface area contributed by atoms with E-state index >= 15 is 0 Å². The van der Waals surface area contributed by atoms with Gasteiger partial charge < -0.3 is 5.11 Å². The van der Waals surface area contributed by atoms with Crippen LogP contribution >= 0.6 is 0 Å². The van der Waals surface area contributed by atoms with Gasteiger partial charge in [-0.3, -0.25) is 9.69 Å². The molecule has 0 saturated carbocycles. The van der Waals surface area contributed by atoms with E-state index < -0.39 is 5.60 Å². The van der Waals surface area contributed by atoms with Crippen LogP contribution in [0.4, 0.5) is 11.4 Å². The number of rotatable bonds is 3. The van der Waals surface area contributed by atoms with Gasteiger partial charge in [0.1, 0.15) is 5.60 Å². The van der Waals surface area contributed by atoms with Crippen molar-refractivity contribution in [1.82, 2.24) is 0 Å². The number of para-hydroxylation sites is 2. The molecule has 0 heterocycles. The van der Waals surface area contributed by atoms with Crippen LogP contribution in [-0.2, 0) is 4.79 Å². The first-order chi connectivity index (χ1) is 9.00. The standard InChI is InChI=1S/C16H17NO2/c1-16(2,19)15(18)17(13-9-5-3-6-10-13)14-11-7-4-8-12-14/h3-12,19H,1-2H3. The van der Waals surface area contributed by atoms with Crippen LogP contribution in [-0.4, -0.2) is 16.6 Å². The number of hydrogen-bond acceptors (Lipinski definition) is 2. The van der Waals surface area contributed by atoms with E-state index in [9.17, 15) is 9.90 Å². The van der Waals surface area contributed by atoms with E-state index in [4.69, 9.17) is 0 Å². The van der Waals surface area contributed by atoms with Gasteiger partial charge in [-0.15, -0.1) is 0 Å². The van der Waals surface area contributed by atoms with E-state index in [1.807, 2.05) is 60.7 Å². The molecule has 98 valence electrons. The van der Waals surface area contributed by atoms with Crippen molar-refractivity contribution in [2.75, 3.05) is 4.90 Å². The molecule has 1 N–H and O–H groups in total. The Labute approximate surface area is 113 Å². The molecule has 0 fully saturated rings. The number of aliphatic hydroxyl groups is 1. The van der Waals surface area contributed by atoms with Crippen molar-refractivity contribution >= 4 is 17.3 Å².